The van der Waals surface area contributed by atoms with Gasteiger partial charge in [0.25, 0.3) is 0 Å². The zero-order valence-corrected chi connectivity index (χ0v) is 14.9. The molecule has 0 bridgehead atoms. The third-order valence-corrected chi connectivity index (χ3v) is 4.77. The molecular formula is C19H21N3O3S. The molecule has 1 aromatic heterocycles. The van der Waals surface area contributed by atoms with Crippen LogP contribution in [-0.2, 0) is 0 Å². The highest BCUT2D eigenvalue weighted by Crippen LogP contribution is 2.43. The van der Waals surface area contributed by atoms with Crippen LogP contribution in [0.1, 0.15) is 18.1 Å². The SMILES string of the molecule is Nc1ccc(OC(CCO)c2c(N)ccc(O)c2-c2ccsc2)c(N)c1. The Morgan fingerprint density at radius 3 is 2.50 bits per heavy atom. The molecular weight excluding hydrogens is 350 g/mol. The topological polar surface area (TPSA) is 128 Å². The quantitative estimate of drug-likeness (QED) is 0.334. The molecule has 0 aliphatic carbocycles. The van der Waals surface area contributed by atoms with Gasteiger partial charge < -0.3 is 32.2 Å². The van der Waals surface area contributed by atoms with Crippen LogP contribution in [0.5, 0.6) is 11.5 Å². The number of nitrogens with two attached hydrogens (primary N) is 3. The second kappa shape index (κ2) is 7.55. The number of hydrogen-bond donors (Lipinski definition) is 5. The van der Waals surface area contributed by atoms with Crippen LogP contribution in [0.25, 0.3) is 11.1 Å². The number of aromatic hydroxyl groups is 1. The molecule has 2 aromatic carbocycles. The van der Waals surface area contributed by atoms with Crippen LogP contribution in [0.15, 0.2) is 47.2 Å². The van der Waals surface area contributed by atoms with Crippen molar-refractivity contribution in [1.29, 1.82) is 0 Å². The van der Waals surface area contributed by atoms with Crippen LogP contribution >= 0.6 is 11.3 Å². The van der Waals surface area contributed by atoms with Gasteiger partial charge in [-0.25, -0.2) is 0 Å². The van der Waals surface area contributed by atoms with Crippen molar-refractivity contribution in [1.82, 2.24) is 0 Å². The molecule has 0 amide bonds. The summed E-state index contributed by atoms with van der Waals surface area (Å²) in [6.07, 6.45) is -0.304. The van der Waals surface area contributed by atoms with Crippen molar-refractivity contribution in [3.63, 3.8) is 0 Å². The second-order valence-electron chi connectivity index (χ2n) is 5.89. The van der Waals surface area contributed by atoms with Gasteiger partial charge in [0.2, 0.25) is 0 Å². The monoisotopic (exact) mass is 371 g/mol. The fourth-order valence-corrected chi connectivity index (χ4v) is 3.53. The number of anilines is 3. The van der Waals surface area contributed by atoms with Crippen LogP contribution in [0, 0.1) is 0 Å². The minimum Gasteiger partial charge on any atom is -0.507 e. The summed E-state index contributed by atoms with van der Waals surface area (Å²) in [4.78, 5) is 0. The molecule has 136 valence electrons. The van der Waals surface area contributed by atoms with E-state index in [-0.39, 0.29) is 18.8 Å². The summed E-state index contributed by atoms with van der Waals surface area (Å²) in [6, 6.07) is 10.1. The number of ether oxygens (including phenoxy) is 1. The number of benzene rings is 2. The van der Waals surface area contributed by atoms with Crippen molar-refractivity contribution >= 4 is 28.4 Å². The second-order valence-corrected chi connectivity index (χ2v) is 6.67. The third kappa shape index (κ3) is 3.54. The molecule has 0 aliphatic rings. The highest BCUT2D eigenvalue weighted by Gasteiger charge is 2.24. The predicted molar refractivity (Wildman–Crippen MR) is 106 cm³/mol. The van der Waals surface area contributed by atoms with E-state index < -0.39 is 6.10 Å². The molecule has 8 N–H and O–H groups in total. The minimum atomic E-state index is -0.590. The summed E-state index contributed by atoms with van der Waals surface area (Å²) in [5, 5.41) is 23.8. The molecule has 0 spiro atoms. The standard InChI is InChI=1S/C19H21N3O3S/c20-12-1-4-16(14(22)9-12)25-17(5-7-23)19-13(21)2-3-15(24)18(19)11-6-8-26-10-11/h1-4,6,8-10,17,23-24H,5,7,20-22H2. The Hall–Kier alpha value is -2.90. The summed E-state index contributed by atoms with van der Waals surface area (Å²) >= 11 is 1.51. The molecule has 3 rings (SSSR count). The summed E-state index contributed by atoms with van der Waals surface area (Å²) in [7, 11) is 0. The first kappa shape index (κ1) is 17.9. The van der Waals surface area contributed by atoms with Gasteiger partial charge in [-0.1, -0.05) is 0 Å². The fraction of sp³-hybridized carbons (Fsp3) is 0.158. The number of thiophene rings is 1. The highest BCUT2D eigenvalue weighted by atomic mass is 32.1. The Balaban J connectivity index is 2.09. The lowest BCUT2D eigenvalue weighted by Crippen LogP contribution is -2.14. The zero-order valence-electron chi connectivity index (χ0n) is 14.1. The van der Waals surface area contributed by atoms with E-state index in [0.29, 0.717) is 33.9 Å². The molecule has 1 atom stereocenters. The molecule has 0 aliphatic heterocycles. The number of aliphatic hydroxyl groups excluding tert-OH is 1. The molecule has 7 heteroatoms. The zero-order chi connectivity index (χ0) is 18.7. The van der Waals surface area contributed by atoms with Gasteiger partial charge in [0.15, 0.2) is 0 Å². The maximum atomic E-state index is 10.5. The maximum Gasteiger partial charge on any atom is 0.143 e. The summed E-state index contributed by atoms with van der Waals surface area (Å²) in [5.41, 5.74) is 21.4. The van der Waals surface area contributed by atoms with E-state index in [1.165, 1.54) is 11.3 Å². The molecule has 1 unspecified atom stereocenters. The number of phenolic OH excluding ortho intramolecular Hbond substituents is 1. The van der Waals surface area contributed by atoms with Crippen molar-refractivity contribution < 1.29 is 14.9 Å². The minimum absolute atomic E-state index is 0.101. The Bertz CT molecular complexity index is 897. The lowest BCUT2D eigenvalue weighted by molar-refractivity contribution is 0.157. The van der Waals surface area contributed by atoms with Crippen molar-refractivity contribution in [2.75, 3.05) is 23.8 Å². The van der Waals surface area contributed by atoms with Gasteiger partial charge >= 0.3 is 0 Å². The van der Waals surface area contributed by atoms with E-state index >= 15 is 0 Å². The van der Waals surface area contributed by atoms with E-state index in [1.54, 1.807) is 30.3 Å². The van der Waals surface area contributed by atoms with Crippen molar-refractivity contribution in [2.24, 2.45) is 0 Å². The first-order valence-corrected chi connectivity index (χ1v) is 9.02. The molecule has 1 heterocycles. The highest BCUT2D eigenvalue weighted by molar-refractivity contribution is 7.08. The van der Waals surface area contributed by atoms with Gasteiger partial charge in [-0.2, -0.15) is 11.3 Å². The molecule has 0 saturated heterocycles. The molecule has 0 saturated carbocycles. The number of hydrogen-bond acceptors (Lipinski definition) is 7. The molecule has 26 heavy (non-hydrogen) atoms. The molecule has 0 radical (unpaired) electrons. The number of aliphatic hydroxyl groups is 1. The maximum absolute atomic E-state index is 10.5. The first-order valence-electron chi connectivity index (χ1n) is 8.07. The first-order chi connectivity index (χ1) is 12.5. The van der Waals surface area contributed by atoms with Crippen LogP contribution in [0.4, 0.5) is 17.1 Å². The Kier molecular flexibility index (Phi) is 5.20. The molecule has 3 aromatic rings. The van der Waals surface area contributed by atoms with Gasteiger partial charge in [-0.15, -0.1) is 0 Å². The number of rotatable bonds is 6. The van der Waals surface area contributed by atoms with Crippen molar-refractivity contribution in [3.05, 3.63) is 52.7 Å². The van der Waals surface area contributed by atoms with Gasteiger partial charge in [-0.05, 0) is 52.7 Å². The largest absolute Gasteiger partial charge is 0.507 e. The van der Waals surface area contributed by atoms with Crippen molar-refractivity contribution in [2.45, 2.75) is 12.5 Å². The van der Waals surface area contributed by atoms with Crippen molar-refractivity contribution in [3.8, 4) is 22.6 Å². The lowest BCUT2D eigenvalue weighted by Gasteiger charge is -2.24. The number of nitrogen functional groups attached to an aromatic ring is 3. The van der Waals surface area contributed by atoms with Gasteiger partial charge in [0.05, 0.1) is 5.69 Å². The Morgan fingerprint density at radius 2 is 1.85 bits per heavy atom. The summed E-state index contributed by atoms with van der Waals surface area (Å²) in [5.74, 6) is 0.543. The van der Waals surface area contributed by atoms with E-state index in [4.69, 9.17) is 21.9 Å². The van der Waals surface area contributed by atoms with Crippen LogP contribution < -0.4 is 21.9 Å². The summed E-state index contributed by atoms with van der Waals surface area (Å²) < 4.78 is 6.07. The van der Waals surface area contributed by atoms with E-state index in [1.807, 2.05) is 16.8 Å². The lowest BCUT2D eigenvalue weighted by atomic mass is 9.93. The average Bonchev–Trinajstić information content (AvgIpc) is 3.12. The van der Waals surface area contributed by atoms with Gasteiger partial charge in [-0.3, -0.25) is 0 Å². The number of phenols is 1. The van der Waals surface area contributed by atoms with E-state index in [0.717, 1.165) is 5.56 Å². The Morgan fingerprint density at radius 1 is 1.04 bits per heavy atom. The Labute approximate surface area is 155 Å². The van der Waals surface area contributed by atoms with E-state index in [9.17, 15) is 10.2 Å². The van der Waals surface area contributed by atoms with Gasteiger partial charge in [0.1, 0.15) is 17.6 Å². The van der Waals surface area contributed by atoms with Gasteiger partial charge in [0, 0.05) is 35.5 Å². The fourth-order valence-electron chi connectivity index (χ4n) is 2.89. The molecule has 0 fully saturated rings. The average molecular weight is 371 g/mol. The third-order valence-electron chi connectivity index (χ3n) is 4.08. The summed E-state index contributed by atoms with van der Waals surface area (Å²) in [6.45, 7) is -0.113. The van der Waals surface area contributed by atoms with Crippen LogP contribution in [0.3, 0.4) is 0 Å². The smallest absolute Gasteiger partial charge is 0.143 e. The molecule has 6 nitrogen and oxygen atoms in total. The van der Waals surface area contributed by atoms with Crippen LogP contribution in [-0.4, -0.2) is 16.8 Å². The van der Waals surface area contributed by atoms with E-state index in [2.05, 4.69) is 0 Å². The predicted octanol–water partition coefficient (Wildman–Crippen LogP) is 3.37. The van der Waals surface area contributed by atoms with Crippen LogP contribution in [0.2, 0.25) is 0 Å². The normalized spacial score (nSPS) is 12.0.